The number of carbonyl (C=O) groups is 1. The maximum absolute atomic E-state index is 11.8. The third-order valence-corrected chi connectivity index (χ3v) is 5.89. The standard InChI is InChI=1S/C21H27N5O3S.HI/c1-23-21(24-13-12-16-6-10-19(11-7-16)30(22,28)29)25-15-17-4-8-18(9-5-17)26-14-2-3-20(26)27;/h4-11H,2-3,12-15H2,1H3,(H2,22,28,29)(H2,23,24,25);1H. The molecule has 2 aromatic rings. The fourth-order valence-electron chi connectivity index (χ4n) is 3.29. The molecule has 0 spiro atoms. The summed E-state index contributed by atoms with van der Waals surface area (Å²) in [4.78, 5) is 18.0. The molecule has 1 saturated heterocycles. The lowest BCUT2D eigenvalue weighted by atomic mass is 10.1. The molecule has 0 aromatic heterocycles. The number of nitrogens with two attached hydrogens (primary N) is 1. The Morgan fingerprint density at radius 3 is 2.26 bits per heavy atom. The number of sulfonamides is 1. The topological polar surface area (TPSA) is 117 Å². The number of guanidine groups is 1. The normalized spacial score (nSPS) is 14.3. The number of hydrogen-bond donors (Lipinski definition) is 3. The van der Waals surface area contributed by atoms with Crippen LogP contribution in [0.4, 0.5) is 5.69 Å². The fraction of sp³-hybridized carbons (Fsp3) is 0.333. The zero-order valence-electron chi connectivity index (χ0n) is 17.4. The smallest absolute Gasteiger partial charge is 0.238 e. The average molecular weight is 557 g/mol. The van der Waals surface area contributed by atoms with E-state index in [2.05, 4.69) is 15.6 Å². The van der Waals surface area contributed by atoms with E-state index >= 15 is 0 Å². The molecule has 3 rings (SSSR count). The Labute approximate surface area is 200 Å². The summed E-state index contributed by atoms with van der Waals surface area (Å²) < 4.78 is 22.6. The number of rotatable bonds is 7. The van der Waals surface area contributed by atoms with Crippen LogP contribution in [-0.4, -0.2) is 40.4 Å². The van der Waals surface area contributed by atoms with Crippen molar-refractivity contribution in [2.45, 2.75) is 30.7 Å². The molecule has 168 valence electrons. The Hall–Kier alpha value is -2.18. The molecule has 0 aliphatic carbocycles. The molecule has 0 radical (unpaired) electrons. The summed E-state index contributed by atoms with van der Waals surface area (Å²) in [5.74, 6) is 0.861. The van der Waals surface area contributed by atoms with Gasteiger partial charge in [-0.3, -0.25) is 9.79 Å². The lowest BCUT2D eigenvalue weighted by Crippen LogP contribution is -2.37. The van der Waals surface area contributed by atoms with Gasteiger partial charge in [-0.1, -0.05) is 24.3 Å². The Balaban J connectivity index is 0.00000341. The molecule has 1 heterocycles. The minimum absolute atomic E-state index is 0. The largest absolute Gasteiger partial charge is 0.356 e. The lowest BCUT2D eigenvalue weighted by Gasteiger charge is -2.16. The molecule has 31 heavy (non-hydrogen) atoms. The maximum atomic E-state index is 11.8. The maximum Gasteiger partial charge on any atom is 0.238 e. The van der Waals surface area contributed by atoms with Crippen molar-refractivity contribution in [1.29, 1.82) is 0 Å². The van der Waals surface area contributed by atoms with Crippen molar-refractivity contribution in [1.82, 2.24) is 10.6 Å². The van der Waals surface area contributed by atoms with Crippen molar-refractivity contribution in [2.24, 2.45) is 10.1 Å². The molecule has 1 amide bonds. The molecular weight excluding hydrogens is 529 g/mol. The summed E-state index contributed by atoms with van der Waals surface area (Å²) in [7, 11) is -1.96. The van der Waals surface area contributed by atoms with E-state index in [0.717, 1.165) is 29.8 Å². The number of hydrogen-bond acceptors (Lipinski definition) is 4. The van der Waals surface area contributed by atoms with Crippen LogP contribution in [0.3, 0.4) is 0 Å². The number of aliphatic imine (C=N–C) groups is 1. The van der Waals surface area contributed by atoms with Gasteiger partial charge in [-0.05, 0) is 48.2 Å². The highest BCUT2D eigenvalue weighted by Gasteiger charge is 2.21. The molecular formula is C21H28IN5O3S. The number of nitrogens with one attached hydrogen (secondary N) is 2. The predicted octanol–water partition coefficient (Wildman–Crippen LogP) is 1.99. The van der Waals surface area contributed by atoms with Crippen LogP contribution in [0.1, 0.15) is 24.0 Å². The van der Waals surface area contributed by atoms with E-state index in [4.69, 9.17) is 5.14 Å². The van der Waals surface area contributed by atoms with Gasteiger partial charge in [0.05, 0.1) is 4.90 Å². The quantitative estimate of drug-likeness (QED) is 0.274. The van der Waals surface area contributed by atoms with Crippen LogP contribution in [0.15, 0.2) is 58.4 Å². The minimum atomic E-state index is -3.67. The summed E-state index contributed by atoms with van der Waals surface area (Å²) in [5, 5.41) is 11.6. The van der Waals surface area contributed by atoms with Crippen molar-refractivity contribution in [2.75, 3.05) is 25.0 Å². The average Bonchev–Trinajstić information content (AvgIpc) is 3.16. The van der Waals surface area contributed by atoms with Crippen LogP contribution in [0.5, 0.6) is 0 Å². The van der Waals surface area contributed by atoms with E-state index in [1.807, 2.05) is 29.2 Å². The van der Waals surface area contributed by atoms with Crippen molar-refractivity contribution in [3.8, 4) is 0 Å². The number of primary sulfonamides is 1. The van der Waals surface area contributed by atoms with E-state index in [1.54, 1.807) is 19.2 Å². The van der Waals surface area contributed by atoms with Crippen LogP contribution in [0.2, 0.25) is 0 Å². The van der Waals surface area contributed by atoms with Crippen LogP contribution < -0.4 is 20.7 Å². The first-order chi connectivity index (χ1) is 14.4. The molecule has 4 N–H and O–H groups in total. The molecule has 0 unspecified atom stereocenters. The van der Waals surface area contributed by atoms with Crippen molar-refractivity contribution >= 4 is 51.6 Å². The summed E-state index contributed by atoms with van der Waals surface area (Å²) in [6.45, 7) is 2.04. The third kappa shape index (κ3) is 7.18. The molecule has 10 heteroatoms. The first kappa shape index (κ1) is 25.1. The molecule has 1 aliphatic heterocycles. The van der Waals surface area contributed by atoms with Crippen molar-refractivity contribution in [3.05, 3.63) is 59.7 Å². The highest BCUT2D eigenvalue weighted by atomic mass is 127. The zero-order valence-corrected chi connectivity index (χ0v) is 20.5. The summed E-state index contributed by atoms with van der Waals surface area (Å²) in [6, 6.07) is 14.5. The molecule has 0 atom stereocenters. The van der Waals surface area contributed by atoms with Crippen LogP contribution in [0, 0.1) is 0 Å². The van der Waals surface area contributed by atoms with Gasteiger partial charge in [-0.25, -0.2) is 13.6 Å². The molecule has 8 nitrogen and oxygen atoms in total. The van der Waals surface area contributed by atoms with Gasteiger partial charge in [0, 0.05) is 38.8 Å². The van der Waals surface area contributed by atoms with Gasteiger partial charge in [0.2, 0.25) is 15.9 Å². The van der Waals surface area contributed by atoms with Gasteiger partial charge in [0.1, 0.15) is 0 Å². The third-order valence-electron chi connectivity index (χ3n) is 4.96. The molecule has 0 saturated carbocycles. The van der Waals surface area contributed by atoms with Gasteiger partial charge < -0.3 is 15.5 Å². The van der Waals surface area contributed by atoms with E-state index in [-0.39, 0.29) is 34.8 Å². The highest BCUT2D eigenvalue weighted by molar-refractivity contribution is 14.0. The van der Waals surface area contributed by atoms with Gasteiger partial charge in [0.15, 0.2) is 5.96 Å². The Kier molecular flexibility index (Phi) is 9.26. The first-order valence-electron chi connectivity index (χ1n) is 9.82. The van der Waals surface area contributed by atoms with Crippen LogP contribution in [-0.2, 0) is 27.8 Å². The molecule has 1 fully saturated rings. The first-order valence-corrected chi connectivity index (χ1v) is 11.4. The summed E-state index contributed by atoms with van der Waals surface area (Å²) in [6.07, 6.45) is 2.26. The van der Waals surface area contributed by atoms with Gasteiger partial charge in [0.25, 0.3) is 0 Å². The molecule has 0 bridgehead atoms. The van der Waals surface area contributed by atoms with Gasteiger partial charge in [-0.2, -0.15) is 0 Å². The Morgan fingerprint density at radius 2 is 1.71 bits per heavy atom. The predicted molar refractivity (Wildman–Crippen MR) is 133 cm³/mol. The summed E-state index contributed by atoms with van der Waals surface area (Å²) >= 11 is 0. The number of halogens is 1. The highest BCUT2D eigenvalue weighted by Crippen LogP contribution is 2.21. The molecule has 2 aromatic carbocycles. The second-order valence-corrected chi connectivity index (χ2v) is 8.67. The number of amides is 1. The Bertz CT molecular complexity index is 1010. The van der Waals surface area contributed by atoms with Crippen molar-refractivity contribution in [3.63, 3.8) is 0 Å². The number of nitrogens with zero attached hydrogens (tertiary/aromatic N) is 2. The van der Waals surface area contributed by atoms with Gasteiger partial charge in [-0.15, -0.1) is 24.0 Å². The van der Waals surface area contributed by atoms with Crippen molar-refractivity contribution < 1.29 is 13.2 Å². The monoisotopic (exact) mass is 557 g/mol. The SMILES string of the molecule is CN=C(NCCc1ccc(S(N)(=O)=O)cc1)NCc1ccc(N2CCCC2=O)cc1.I. The minimum Gasteiger partial charge on any atom is -0.356 e. The number of carbonyl (C=O) groups excluding carboxylic acids is 1. The Morgan fingerprint density at radius 1 is 1.06 bits per heavy atom. The number of benzene rings is 2. The van der Waals surface area contributed by atoms with E-state index < -0.39 is 10.0 Å². The summed E-state index contributed by atoms with van der Waals surface area (Å²) in [5.41, 5.74) is 3.03. The molecule has 1 aliphatic rings. The van der Waals surface area contributed by atoms with Gasteiger partial charge >= 0.3 is 0 Å². The zero-order chi connectivity index (χ0) is 21.6. The second-order valence-electron chi connectivity index (χ2n) is 7.11. The van der Waals surface area contributed by atoms with Crippen LogP contribution in [0.25, 0.3) is 0 Å². The second kappa shape index (κ2) is 11.4. The van der Waals surface area contributed by atoms with E-state index in [9.17, 15) is 13.2 Å². The van der Waals surface area contributed by atoms with E-state index in [1.165, 1.54) is 12.1 Å². The number of anilines is 1. The van der Waals surface area contributed by atoms with Crippen LogP contribution >= 0.6 is 24.0 Å². The lowest BCUT2D eigenvalue weighted by molar-refractivity contribution is -0.117. The van der Waals surface area contributed by atoms with E-state index in [0.29, 0.717) is 31.9 Å². The fourth-order valence-corrected chi connectivity index (χ4v) is 3.81.